The number of primary sulfonamides is 1. The molecule has 89 heavy (non-hydrogen) atoms. The zero-order valence-corrected chi connectivity index (χ0v) is 52.0. The largest absolute Gasteiger partial charge is 0.478 e. The average Bonchev–Trinajstić information content (AvgIpc) is 1.77. The Balaban J connectivity index is 0.000000166. The monoisotopic (exact) mass is 1260 g/mol. The molecule has 2 aliphatic heterocycles. The van der Waals surface area contributed by atoms with E-state index in [0.29, 0.717) is 63.9 Å². The van der Waals surface area contributed by atoms with Crippen molar-refractivity contribution in [3.05, 3.63) is 229 Å². The summed E-state index contributed by atoms with van der Waals surface area (Å²) in [6.45, 7) is 9.39. The number of nitrogens with one attached hydrogen (secondary N) is 2. The summed E-state index contributed by atoms with van der Waals surface area (Å²) in [5.74, 6) is -1.23. The van der Waals surface area contributed by atoms with Crippen LogP contribution in [0, 0.1) is 6.92 Å². The smallest absolute Gasteiger partial charge is 0.336 e. The number of aliphatic hydroxyl groups is 1. The molecular formula is C67H66Cl2N8O11S. The highest BCUT2D eigenvalue weighted by atomic mass is 35.5. The van der Waals surface area contributed by atoms with Gasteiger partial charge >= 0.3 is 17.9 Å². The first kappa shape index (κ1) is 64.5. The molecule has 460 valence electrons. The maximum absolute atomic E-state index is 12.9. The summed E-state index contributed by atoms with van der Waals surface area (Å²) in [4.78, 5) is 58.8. The predicted molar refractivity (Wildman–Crippen MR) is 341 cm³/mol. The van der Waals surface area contributed by atoms with Crippen LogP contribution in [0.1, 0.15) is 87.5 Å². The van der Waals surface area contributed by atoms with Gasteiger partial charge in [0.1, 0.15) is 16.5 Å². The number of allylic oxidation sites excluding steroid dienone is 1. The lowest BCUT2D eigenvalue weighted by molar-refractivity contribution is -0.139. The number of benzene rings is 7. The van der Waals surface area contributed by atoms with E-state index in [2.05, 4.69) is 71.0 Å². The van der Waals surface area contributed by atoms with Crippen molar-refractivity contribution in [3.63, 3.8) is 0 Å². The van der Waals surface area contributed by atoms with E-state index >= 15 is 0 Å². The standard InChI is InChI=1S/C33H30N4O2.C20H25ClN2O5.C14H11ClN2O4S/c1-4-9-30-35-31-21(2)18-24(32-34-27-12-7-8-13-28(27)36(32)3)19-29(31)37(30)20-22-14-16-23(17-15-22)25-10-5-6-11-26(25)33(38)39;1-4-28-20(25)18-15(11-27-10-9-22)23-12(2)16(19(24)26-3)17(18)13-7-5-6-8-14(13)21;15-11-6-5-8(7-12(11)22(16,20)21)14(19)10-4-2-1-3-9(10)13(18)17-14/h5-8,10-19H,4,9,20H2,1-3H3,(H,38,39);5-8,17,23H,4,9-11,22H2,1-3H3;1-7,19H,(H,17,18)(H2,16,20,21). The molecule has 19 nitrogen and oxygen atoms in total. The van der Waals surface area contributed by atoms with Gasteiger partial charge in [-0.2, -0.15) is 0 Å². The van der Waals surface area contributed by atoms with Crippen molar-refractivity contribution in [1.29, 1.82) is 0 Å². The SMILES string of the molecule is CCCc1nc2c(C)cc(-c3nc4ccccc4n3C)cc2n1Cc1ccc(-c2ccccc2C(=O)O)cc1.CCOC(=O)C1=C(COCCN)NC(C)=C(C(=O)OC)C1c1ccccc1Cl.NS(=O)(=O)c1cc(C2(O)NC(=O)c3ccccc32)ccc1Cl. The van der Waals surface area contributed by atoms with Gasteiger partial charge in [0, 0.05) is 59.5 Å². The van der Waals surface area contributed by atoms with Gasteiger partial charge in [-0.05, 0) is 110 Å². The number of hydrogen-bond donors (Lipinski definition) is 6. The number of methoxy groups -OCH3 is 1. The number of nitrogens with zero attached hydrogens (tertiary/aromatic N) is 4. The Morgan fingerprint density at radius 2 is 1.47 bits per heavy atom. The van der Waals surface area contributed by atoms with Crippen LogP contribution in [0.15, 0.2) is 179 Å². The third-order valence-corrected chi connectivity index (χ3v) is 16.9. The molecule has 2 aromatic heterocycles. The second-order valence-electron chi connectivity index (χ2n) is 21.0. The van der Waals surface area contributed by atoms with Crippen molar-refractivity contribution in [3.8, 4) is 22.5 Å². The summed E-state index contributed by atoms with van der Waals surface area (Å²) in [7, 11) is -0.704. The van der Waals surface area contributed by atoms with Gasteiger partial charge in [0.2, 0.25) is 10.0 Å². The lowest BCUT2D eigenvalue weighted by Crippen LogP contribution is -2.40. The molecule has 0 saturated heterocycles. The van der Waals surface area contributed by atoms with Gasteiger partial charge in [0.05, 0.1) is 82.3 Å². The third kappa shape index (κ3) is 13.5. The van der Waals surface area contributed by atoms with Crippen LogP contribution >= 0.6 is 23.2 Å². The Kier molecular flexibility index (Phi) is 20.0. The number of para-hydroxylation sites is 2. The number of dihydropyridines is 1. The van der Waals surface area contributed by atoms with E-state index in [1.807, 2.05) is 42.5 Å². The molecule has 22 heteroatoms. The summed E-state index contributed by atoms with van der Waals surface area (Å²) in [5.41, 5.74) is 16.1. The van der Waals surface area contributed by atoms with Crippen LogP contribution in [0.2, 0.25) is 10.0 Å². The fraction of sp³-hybridized carbons (Fsp3) is 0.224. The van der Waals surface area contributed by atoms with Crippen molar-refractivity contribution in [2.75, 3.05) is 33.5 Å². The Morgan fingerprint density at radius 3 is 2.15 bits per heavy atom. The zero-order chi connectivity index (χ0) is 63.9. The van der Waals surface area contributed by atoms with E-state index in [4.69, 9.17) is 58.3 Å². The number of hydrogen-bond acceptors (Lipinski definition) is 14. The van der Waals surface area contributed by atoms with E-state index in [9.17, 15) is 37.8 Å². The van der Waals surface area contributed by atoms with E-state index in [1.165, 1.54) is 19.2 Å². The predicted octanol–water partition coefficient (Wildman–Crippen LogP) is 10.5. The van der Waals surface area contributed by atoms with Gasteiger partial charge in [-0.3, -0.25) is 4.79 Å². The summed E-state index contributed by atoms with van der Waals surface area (Å²) in [6.07, 6.45) is 1.89. The van der Waals surface area contributed by atoms with Crippen LogP contribution < -0.4 is 21.5 Å². The van der Waals surface area contributed by atoms with Gasteiger partial charge in [-0.15, -0.1) is 0 Å². The minimum Gasteiger partial charge on any atom is -0.478 e. The highest BCUT2D eigenvalue weighted by Gasteiger charge is 2.43. The Morgan fingerprint density at radius 1 is 0.787 bits per heavy atom. The number of rotatable bonds is 17. The fourth-order valence-corrected chi connectivity index (χ4v) is 12.4. The Bertz CT molecular complexity index is 4390. The number of carbonyl (C=O) groups is 4. The van der Waals surface area contributed by atoms with Crippen LogP contribution in [0.3, 0.4) is 0 Å². The van der Waals surface area contributed by atoms with Crippen LogP contribution in [-0.2, 0) is 59.6 Å². The first-order chi connectivity index (χ1) is 42.6. The molecule has 2 atom stereocenters. The number of aryl methyl sites for hydroxylation is 3. The second-order valence-corrected chi connectivity index (χ2v) is 23.4. The van der Waals surface area contributed by atoms with E-state index in [0.717, 1.165) is 80.4 Å². The van der Waals surface area contributed by atoms with Crippen LogP contribution in [-0.4, -0.2) is 95.0 Å². The summed E-state index contributed by atoms with van der Waals surface area (Å²) in [5, 5.41) is 31.5. The zero-order valence-electron chi connectivity index (χ0n) is 49.6. The molecule has 0 aliphatic carbocycles. The number of ether oxygens (including phenoxy) is 3. The number of esters is 2. The van der Waals surface area contributed by atoms with Crippen molar-refractivity contribution in [2.24, 2.45) is 17.9 Å². The van der Waals surface area contributed by atoms with Crippen LogP contribution in [0.25, 0.3) is 44.6 Å². The molecule has 0 spiro atoms. The normalized spacial score (nSPS) is 15.4. The number of carboxylic acids is 1. The molecular weight excluding hydrogens is 1200 g/mol. The van der Waals surface area contributed by atoms with Crippen molar-refractivity contribution in [1.82, 2.24) is 29.7 Å². The molecule has 0 saturated carbocycles. The van der Waals surface area contributed by atoms with Gasteiger partial charge in [-0.25, -0.2) is 37.9 Å². The molecule has 2 unspecified atom stereocenters. The maximum Gasteiger partial charge on any atom is 0.336 e. The lowest BCUT2D eigenvalue weighted by Gasteiger charge is -2.31. The molecule has 0 radical (unpaired) electrons. The van der Waals surface area contributed by atoms with E-state index in [1.54, 1.807) is 74.5 Å². The second kappa shape index (κ2) is 27.6. The molecule has 4 heterocycles. The van der Waals surface area contributed by atoms with Gasteiger partial charge in [0.15, 0.2) is 5.72 Å². The van der Waals surface area contributed by atoms with Crippen molar-refractivity contribution in [2.45, 2.75) is 63.6 Å². The topological polar surface area (TPSA) is 282 Å². The minimum atomic E-state index is -4.06. The lowest BCUT2D eigenvalue weighted by atomic mass is 9.80. The maximum atomic E-state index is 12.9. The van der Waals surface area contributed by atoms with Gasteiger partial charge < -0.3 is 49.9 Å². The number of carboxylic acid groups (broad SMARTS) is 1. The highest BCUT2D eigenvalue weighted by Crippen LogP contribution is 2.43. The molecule has 0 fully saturated rings. The molecule has 8 N–H and O–H groups in total. The van der Waals surface area contributed by atoms with Crippen molar-refractivity contribution >= 4 is 79.1 Å². The van der Waals surface area contributed by atoms with Crippen LogP contribution in [0.5, 0.6) is 0 Å². The fourth-order valence-electron chi connectivity index (χ4n) is 11.0. The number of carbonyl (C=O) groups excluding carboxylic acids is 3. The molecule has 11 rings (SSSR count). The highest BCUT2D eigenvalue weighted by molar-refractivity contribution is 7.89. The number of halogens is 2. The quantitative estimate of drug-likeness (QED) is 0.0365. The van der Waals surface area contributed by atoms with E-state index in [-0.39, 0.29) is 34.3 Å². The number of aromatic nitrogens is 4. The van der Waals surface area contributed by atoms with Gasteiger partial charge in [-0.1, -0.05) is 127 Å². The van der Waals surface area contributed by atoms with E-state index < -0.39 is 45.5 Å². The van der Waals surface area contributed by atoms with Crippen molar-refractivity contribution < 1.29 is 52.0 Å². The number of nitrogens with two attached hydrogens (primary N) is 2. The molecule has 7 aromatic carbocycles. The number of imidazole rings is 2. The number of sulfonamides is 1. The summed E-state index contributed by atoms with van der Waals surface area (Å²) >= 11 is 12.3. The first-order valence-electron chi connectivity index (χ1n) is 28.4. The van der Waals surface area contributed by atoms with Crippen LogP contribution in [0.4, 0.5) is 0 Å². The molecule has 9 aromatic rings. The average molecular weight is 1260 g/mol. The Labute approximate surface area is 524 Å². The third-order valence-electron chi connectivity index (χ3n) is 15.2. The molecule has 0 bridgehead atoms. The number of amides is 1. The first-order valence-corrected chi connectivity index (χ1v) is 30.7. The minimum absolute atomic E-state index is 0.0625. The molecule has 2 aliphatic rings. The molecule has 1 amide bonds. The van der Waals surface area contributed by atoms with Gasteiger partial charge in [0.25, 0.3) is 5.91 Å². The summed E-state index contributed by atoms with van der Waals surface area (Å²) in [6, 6.07) is 45.3. The summed E-state index contributed by atoms with van der Waals surface area (Å²) < 4.78 is 43.4. The number of aromatic carboxylic acids is 1. The Hall–Kier alpha value is -8.99. The number of fused-ring (bicyclic) bond motifs is 3.